The van der Waals surface area contributed by atoms with Crippen molar-refractivity contribution in [3.05, 3.63) is 102 Å². The van der Waals surface area contributed by atoms with Crippen LogP contribution in [0.25, 0.3) is 0 Å². The minimum Gasteiger partial charge on any atom is -0.442 e. The Morgan fingerprint density at radius 2 is 1.31 bits per heavy atom. The van der Waals surface area contributed by atoms with Crippen molar-refractivity contribution >= 4 is 16.1 Å². The van der Waals surface area contributed by atoms with E-state index in [1.165, 1.54) is 12.1 Å². The van der Waals surface area contributed by atoms with E-state index in [9.17, 15) is 13.2 Å². The molecule has 1 N–H and O–H groups in total. The molecule has 0 aliphatic heterocycles. The molecule has 3 aromatic carbocycles. The van der Waals surface area contributed by atoms with Gasteiger partial charge in [0.05, 0.1) is 10.9 Å². The van der Waals surface area contributed by atoms with Crippen molar-refractivity contribution in [1.29, 1.82) is 0 Å². The monoisotopic (exact) mass is 452 g/mol. The van der Waals surface area contributed by atoms with E-state index in [0.29, 0.717) is 4.41 Å². The van der Waals surface area contributed by atoms with Crippen molar-refractivity contribution in [2.75, 3.05) is 0 Å². The van der Waals surface area contributed by atoms with Crippen LogP contribution in [0.5, 0.6) is 0 Å². The molecule has 3 rings (SSSR count). The third-order valence-corrected chi connectivity index (χ3v) is 6.23. The summed E-state index contributed by atoms with van der Waals surface area (Å²) in [7, 11) is -4.25. The molecule has 0 heterocycles. The van der Waals surface area contributed by atoms with Crippen molar-refractivity contribution in [2.45, 2.75) is 44.2 Å². The number of carbonyl (C=O) groups excluding carboxylic acids is 1. The van der Waals surface area contributed by atoms with Crippen LogP contribution in [0.4, 0.5) is 4.79 Å². The van der Waals surface area contributed by atoms with Crippen LogP contribution in [0.15, 0.2) is 89.8 Å². The van der Waals surface area contributed by atoms with E-state index in [2.05, 4.69) is 5.43 Å². The number of nitrogens with one attached hydrogen (secondary N) is 1. The van der Waals surface area contributed by atoms with Crippen LogP contribution in [0, 0.1) is 6.92 Å². The molecule has 3 aromatic rings. The van der Waals surface area contributed by atoms with Gasteiger partial charge in [0.25, 0.3) is 10.0 Å². The third kappa shape index (κ3) is 5.75. The fraction of sp³-hybridized carbons (Fsp3) is 0.240. The first-order valence-electron chi connectivity index (χ1n) is 10.3. The number of hydrogen-bond donors (Lipinski definition) is 1. The summed E-state index contributed by atoms with van der Waals surface area (Å²) in [4.78, 5) is 13.1. The summed E-state index contributed by atoms with van der Waals surface area (Å²) in [5, 5.41) is 0. The SMILES string of the molecule is Cc1ccc(S(=O)(=O)N(NC(c2ccccc2)c2ccccc2)C(=O)OC(C)(C)C)cc1. The van der Waals surface area contributed by atoms with E-state index in [-0.39, 0.29) is 4.90 Å². The largest absolute Gasteiger partial charge is 0.442 e. The maximum Gasteiger partial charge on any atom is 0.439 e. The maximum atomic E-state index is 13.5. The topological polar surface area (TPSA) is 75.7 Å². The number of sulfonamides is 1. The summed E-state index contributed by atoms with van der Waals surface area (Å²) in [6.45, 7) is 6.93. The average Bonchev–Trinajstić information content (AvgIpc) is 2.74. The number of benzene rings is 3. The minimum absolute atomic E-state index is 0.0127. The van der Waals surface area contributed by atoms with Crippen LogP contribution < -0.4 is 5.43 Å². The summed E-state index contributed by atoms with van der Waals surface area (Å²) in [6.07, 6.45) is -1.00. The molecule has 168 valence electrons. The van der Waals surface area contributed by atoms with Crippen LogP contribution in [0.1, 0.15) is 43.5 Å². The number of carbonyl (C=O) groups is 1. The molecule has 0 saturated carbocycles. The molecule has 0 aromatic heterocycles. The van der Waals surface area contributed by atoms with E-state index in [0.717, 1.165) is 16.7 Å². The van der Waals surface area contributed by atoms with E-state index in [1.54, 1.807) is 32.9 Å². The lowest BCUT2D eigenvalue weighted by atomic mass is 9.99. The molecule has 7 heteroatoms. The first-order chi connectivity index (χ1) is 15.1. The van der Waals surface area contributed by atoms with E-state index in [1.807, 2.05) is 67.6 Å². The Balaban J connectivity index is 2.09. The predicted molar refractivity (Wildman–Crippen MR) is 124 cm³/mol. The molecule has 0 saturated heterocycles. The van der Waals surface area contributed by atoms with Crippen LogP contribution in [-0.4, -0.2) is 24.5 Å². The lowest BCUT2D eigenvalue weighted by Crippen LogP contribution is -2.50. The summed E-state index contributed by atoms with van der Waals surface area (Å²) in [6, 6.07) is 24.4. The highest BCUT2D eigenvalue weighted by molar-refractivity contribution is 7.89. The van der Waals surface area contributed by atoms with Gasteiger partial charge < -0.3 is 4.74 Å². The van der Waals surface area contributed by atoms with Gasteiger partial charge in [0.2, 0.25) is 0 Å². The number of rotatable bonds is 6. The van der Waals surface area contributed by atoms with Gasteiger partial charge in [0.1, 0.15) is 5.60 Å². The molecule has 0 unspecified atom stereocenters. The van der Waals surface area contributed by atoms with Gasteiger partial charge in [-0.05, 0) is 51.0 Å². The number of amides is 1. The van der Waals surface area contributed by atoms with Crippen molar-refractivity contribution in [2.24, 2.45) is 0 Å². The standard InChI is InChI=1S/C25H28N2O4S/c1-19-15-17-22(18-16-19)32(29,30)27(24(28)31-25(2,3)4)26-23(20-11-7-5-8-12-20)21-13-9-6-10-14-21/h5-18,23,26H,1-4H3. The Labute approximate surface area is 189 Å². The number of aryl methyl sites for hydroxylation is 1. The van der Waals surface area contributed by atoms with E-state index in [4.69, 9.17) is 4.74 Å². The Kier molecular flexibility index (Phi) is 7.01. The van der Waals surface area contributed by atoms with E-state index >= 15 is 0 Å². The second-order valence-electron chi connectivity index (χ2n) is 8.45. The molecule has 0 spiro atoms. The van der Waals surface area contributed by atoms with Crippen LogP contribution in [0.3, 0.4) is 0 Å². The zero-order chi connectivity index (χ0) is 23.4. The number of ether oxygens (including phenoxy) is 1. The summed E-state index contributed by atoms with van der Waals surface area (Å²) in [5.74, 6) is 0. The highest BCUT2D eigenvalue weighted by Gasteiger charge is 2.35. The van der Waals surface area contributed by atoms with Gasteiger partial charge in [-0.1, -0.05) is 78.4 Å². The molecule has 0 aliphatic carbocycles. The third-order valence-electron chi connectivity index (χ3n) is 4.63. The zero-order valence-corrected chi connectivity index (χ0v) is 19.5. The molecule has 1 amide bonds. The molecular weight excluding hydrogens is 424 g/mol. The predicted octanol–water partition coefficient (Wildman–Crippen LogP) is 5.22. The van der Waals surface area contributed by atoms with Crippen molar-refractivity contribution < 1.29 is 17.9 Å². The summed E-state index contributed by atoms with van der Waals surface area (Å²) in [5.41, 5.74) is 4.56. The number of hydrazine groups is 1. The molecule has 0 atom stereocenters. The molecule has 0 radical (unpaired) electrons. The lowest BCUT2D eigenvalue weighted by molar-refractivity contribution is 0.0309. The fourth-order valence-electron chi connectivity index (χ4n) is 3.09. The van der Waals surface area contributed by atoms with Gasteiger partial charge in [0.15, 0.2) is 0 Å². The molecule has 6 nitrogen and oxygen atoms in total. The highest BCUT2D eigenvalue weighted by atomic mass is 32.2. The van der Waals surface area contributed by atoms with Gasteiger partial charge >= 0.3 is 6.09 Å². The maximum absolute atomic E-state index is 13.5. The summed E-state index contributed by atoms with van der Waals surface area (Å²) >= 11 is 0. The van der Waals surface area contributed by atoms with Crippen LogP contribution >= 0.6 is 0 Å². The molecule has 0 aliphatic rings. The van der Waals surface area contributed by atoms with E-state index < -0.39 is 27.8 Å². The normalized spacial score (nSPS) is 11.9. The summed E-state index contributed by atoms with van der Waals surface area (Å²) < 4.78 is 33.1. The Hall–Kier alpha value is -3.16. The van der Waals surface area contributed by atoms with Gasteiger partial charge in [-0.25, -0.2) is 10.2 Å². The van der Waals surface area contributed by atoms with Gasteiger partial charge in [-0.15, -0.1) is 4.41 Å². The molecule has 32 heavy (non-hydrogen) atoms. The van der Waals surface area contributed by atoms with Gasteiger partial charge in [0, 0.05) is 0 Å². The van der Waals surface area contributed by atoms with Gasteiger partial charge in [-0.2, -0.15) is 8.42 Å². The van der Waals surface area contributed by atoms with Crippen LogP contribution in [-0.2, 0) is 14.8 Å². The smallest absolute Gasteiger partial charge is 0.439 e. The zero-order valence-electron chi connectivity index (χ0n) is 18.6. The molecular formula is C25H28N2O4S. The van der Waals surface area contributed by atoms with Crippen molar-refractivity contribution in [3.63, 3.8) is 0 Å². The fourth-order valence-corrected chi connectivity index (χ4v) is 4.26. The minimum atomic E-state index is -4.25. The number of hydrogen-bond acceptors (Lipinski definition) is 5. The average molecular weight is 453 g/mol. The van der Waals surface area contributed by atoms with Crippen molar-refractivity contribution in [1.82, 2.24) is 9.84 Å². The molecule has 0 fully saturated rings. The second-order valence-corrected chi connectivity index (χ2v) is 10.2. The Bertz CT molecular complexity index is 1100. The first-order valence-corrected chi connectivity index (χ1v) is 11.7. The first kappa shape index (κ1) is 23.5. The van der Waals surface area contributed by atoms with Crippen LogP contribution in [0.2, 0.25) is 0 Å². The Morgan fingerprint density at radius 3 is 1.75 bits per heavy atom. The number of nitrogens with zero attached hydrogens (tertiary/aromatic N) is 1. The highest BCUT2D eigenvalue weighted by Crippen LogP contribution is 2.26. The second kappa shape index (κ2) is 9.54. The lowest BCUT2D eigenvalue weighted by Gasteiger charge is -2.31. The molecule has 0 bridgehead atoms. The quantitative estimate of drug-likeness (QED) is 0.519. The Morgan fingerprint density at radius 1 is 0.844 bits per heavy atom. The van der Waals surface area contributed by atoms with Crippen molar-refractivity contribution in [3.8, 4) is 0 Å². The van der Waals surface area contributed by atoms with Gasteiger partial charge in [-0.3, -0.25) is 0 Å².